The third-order valence-electron chi connectivity index (χ3n) is 7.14. The minimum atomic E-state index is -4.55. The van der Waals surface area contributed by atoms with Gasteiger partial charge in [0, 0.05) is 69.7 Å². The predicted octanol–water partition coefficient (Wildman–Crippen LogP) is 4.55. The molecule has 1 atom stereocenters. The molecular formula is C23H31ClF3N3O3. The second-order valence-electron chi connectivity index (χ2n) is 9.39. The number of piperazine rings is 1. The molecular weight excluding hydrogens is 459 g/mol. The summed E-state index contributed by atoms with van der Waals surface area (Å²) in [5.41, 5.74) is 2.63. The van der Waals surface area contributed by atoms with Crippen LogP contribution in [0.3, 0.4) is 0 Å². The van der Waals surface area contributed by atoms with Crippen LogP contribution in [-0.2, 0) is 16.0 Å². The molecule has 3 heterocycles. The molecule has 1 amide bonds. The van der Waals surface area contributed by atoms with E-state index >= 15 is 0 Å². The van der Waals surface area contributed by atoms with Crippen molar-refractivity contribution >= 4 is 23.4 Å². The van der Waals surface area contributed by atoms with Gasteiger partial charge in [0.25, 0.3) is 0 Å². The van der Waals surface area contributed by atoms with E-state index in [0.717, 1.165) is 58.2 Å². The van der Waals surface area contributed by atoms with Gasteiger partial charge in [-0.05, 0) is 49.3 Å². The molecule has 1 unspecified atom stereocenters. The van der Waals surface area contributed by atoms with Crippen LogP contribution in [0.1, 0.15) is 31.7 Å². The first-order valence-electron chi connectivity index (χ1n) is 11.5. The van der Waals surface area contributed by atoms with Gasteiger partial charge >= 0.3 is 12.3 Å². The molecule has 0 N–H and O–H groups in total. The standard InChI is InChI=1S/C23H31ClF3N3O3/c1-17(23(25,26)27)33-21(31)29-10-8-28(9-11-29)15-18-2-3-19(24)14-20(18)30-7-4-22(16-30)5-12-32-13-6-22/h2-3,14,17H,4-13,15-16H2,1H3. The van der Waals surface area contributed by atoms with Gasteiger partial charge in [-0.25, -0.2) is 4.79 Å². The summed E-state index contributed by atoms with van der Waals surface area (Å²) in [7, 11) is 0. The maximum Gasteiger partial charge on any atom is 0.425 e. The first-order valence-corrected chi connectivity index (χ1v) is 11.9. The molecule has 1 aromatic carbocycles. The van der Waals surface area contributed by atoms with Crippen LogP contribution in [0, 0.1) is 5.41 Å². The molecule has 1 aromatic rings. The van der Waals surface area contributed by atoms with Crippen LogP contribution in [0.5, 0.6) is 0 Å². The highest BCUT2D eigenvalue weighted by Crippen LogP contribution is 2.42. The average molecular weight is 490 g/mol. The minimum Gasteiger partial charge on any atom is -0.437 e. The summed E-state index contributed by atoms with van der Waals surface area (Å²) in [5, 5.41) is 0.702. The monoisotopic (exact) mass is 489 g/mol. The quantitative estimate of drug-likeness (QED) is 0.621. The molecule has 0 aliphatic carbocycles. The summed E-state index contributed by atoms with van der Waals surface area (Å²) in [5.74, 6) is 0. The van der Waals surface area contributed by atoms with Crippen molar-refractivity contribution in [3.63, 3.8) is 0 Å². The average Bonchev–Trinajstić information content (AvgIpc) is 3.18. The Kier molecular flexibility index (Phi) is 7.31. The Morgan fingerprint density at radius 1 is 1.15 bits per heavy atom. The maximum absolute atomic E-state index is 12.7. The Labute approximate surface area is 197 Å². The molecule has 3 saturated heterocycles. The van der Waals surface area contributed by atoms with Crippen LogP contribution in [0.25, 0.3) is 0 Å². The Balaban J connectivity index is 1.35. The molecule has 3 aliphatic rings. The Bertz CT molecular complexity index is 840. The van der Waals surface area contributed by atoms with Gasteiger partial charge < -0.3 is 19.3 Å². The van der Waals surface area contributed by atoms with Gasteiger partial charge in [-0.15, -0.1) is 0 Å². The molecule has 10 heteroatoms. The van der Waals surface area contributed by atoms with E-state index in [1.165, 1.54) is 10.5 Å². The van der Waals surface area contributed by atoms with Crippen molar-refractivity contribution < 1.29 is 27.4 Å². The first kappa shape index (κ1) is 24.4. The molecule has 6 nitrogen and oxygen atoms in total. The second kappa shape index (κ2) is 9.88. The molecule has 184 valence electrons. The molecule has 0 bridgehead atoms. The number of halogens is 4. The second-order valence-corrected chi connectivity index (χ2v) is 9.82. The molecule has 3 fully saturated rings. The van der Waals surface area contributed by atoms with E-state index in [1.54, 1.807) is 0 Å². The van der Waals surface area contributed by atoms with Crippen molar-refractivity contribution in [2.75, 3.05) is 57.4 Å². The smallest absolute Gasteiger partial charge is 0.425 e. The number of amides is 1. The van der Waals surface area contributed by atoms with Crippen LogP contribution < -0.4 is 4.90 Å². The van der Waals surface area contributed by atoms with Crippen LogP contribution in [0.4, 0.5) is 23.7 Å². The van der Waals surface area contributed by atoms with Crippen molar-refractivity contribution in [1.82, 2.24) is 9.80 Å². The number of hydrogen-bond acceptors (Lipinski definition) is 5. The fraction of sp³-hybridized carbons (Fsp3) is 0.696. The Morgan fingerprint density at radius 3 is 2.52 bits per heavy atom. The number of ether oxygens (including phenoxy) is 2. The molecule has 0 aromatic heterocycles. The van der Waals surface area contributed by atoms with E-state index in [2.05, 4.69) is 20.6 Å². The molecule has 33 heavy (non-hydrogen) atoms. The summed E-state index contributed by atoms with van der Waals surface area (Å²) in [4.78, 5) is 18.1. The number of hydrogen-bond donors (Lipinski definition) is 0. The summed E-state index contributed by atoms with van der Waals surface area (Å²) in [6.07, 6.45) is -4.25. The summed E-state index contributed by atoms with van der Waals surface area (Å²) in [6.45, 7) is 6.98. The van der Waals surface area contributed by atoms with Crippen molar-refractivity contribution in [1.29, 1.82) is 0 Å². The summed E-state index contributed by atoms with van der Waals surface area (Å²) < 4.78 is 48.1. The predicted molar refractivity (Wildman–Crippen MR) is 120 cm³/mol. The summed E-state index contributed by atoms with van der Waals surface area (Å²) in [6, 6.07) is 5.98. The highest BCUT2D eigenvalue weighted by atomic mass is 35.5. The number of carbonyl (C=O) groups excluding carboxylic acids is 1. The van der Waals surface area contributed by atoms with Crippen LogP contribution in [-0.4, -0.2) is 80.7 Å². The van der Waals surface area contributed by atoms with Crippen LogP contribution in [0.2, 0.25) is 5.02 Å². The fourth-order valence-corrected chi connectivity index (χ4v) is 5.11. The molecule has 3 aliphatic heterocycles. The maximum atomic E-state index is 12.7. The lowest BCUT2D eigenvalue weighted by Crippen LogP contribution is -2.49. The van der Waals surface area contributed by atoms with Gasteiger partial charge in [0.15, 0.2) is 6.10 Å². The molecule has 0 saturated carbocycles. The fourth-order valence-electron chi connectivity index (χ4n) is 4.94. The Morgan fingerprint density at radius 2 is 1.85 bits per heavy atom. The zero-order chi connectivity index (χ0) is 23.6. The van der Waals surface area contributed by atoms with Crippen molar-refractivity contribution in [2.24, 2.45) is 5.41 Å². The molecule has 1 spiro atoms. The number of nitrogens with zero attached hydrogens (tertiary/aromatic N) is 3. The van der Waals surface area contributed by atoms with E-state index in [4.69, 9.17) is 16.3 Å². The minimum absolute atomic E-state index is 0.317. The zero-order valence-electron chi connectivity index (χ0n) is 18.9. The van der Waals surface area contributed by atoms with Crippen molar-refractivity contribution in [3.8, 4) is 0 Å². The van der Waals surface area contributed by atoms with Gasteiger partial charge in [0.1, 0.15) is 0 Å². The van der Waals surface area contributed by atoms with E-state index in [9.17, 15) is 18.0 Å². The van der Waals surface area contributed by atoms with Gasteiger partial charge in [0.2, 0.25) is 0 Å². The van der Waals surface area contributed by atoms with E-state index in [0.29, 0.717) is 43.2 Å². The van der Waals surface area contributed by atoms with Gasteiger partial charge in [-0.1, -0.05) is 17.7 Å². The highest BCUT2D eigenvalue weighted by Gasteiger charge is 2.41. The van der Waals surface area contributed by atoms with E-state index < -0.39 is 18.4 Å². The number of carbonyl (C=O) groups is 1. The number of rotatable bonds is 4. The van der Waals surface area contributed by atoms with Gasteiger partial charge in [0.05, 0.1) is 0 Å². The number of alkyl halides is 3. The third-order valence-corrected chi connectivity index (χ3v) is 7.38. The number of anilines is 1. The molecule has 4 rings (SSSR count). The van der Waals surface area contributed by atoms with Crippen LogP contribution >= 0.6 is 11.6 Å². The van der Waals surface area contributed by atoms with E-state index in [-0.39, 0.29) is 0 Å². The third kappa shape index (κ3) is 5.87. The van der Waals surface area contributed by atoms with Crippen LogP contribution in [0.15, 0.2) is 18.2 Å². The van der Waals surface area contributed by atoms with E-state index in [1.807, 2.05) is 12.1 Å². The first-order chi connectivity index (χ1) is 15.7. The zero-order valence-corrected chi connectivity index (χ0v) is 19.6. The Hall–Kier alpha value is -1.71. The lowest BCUT2D eigenvalue weighted by atomic mass is 9.80. The lowest BCUT2D eigenvalue weighted by molar-refractivity contribution is -0.200. The lowest BCUT2D eigenvalue weighted by Gasteiger charge is -2.36. The number of benzene rings is 1. The normalized spacial score (nSPS) is 22.6. The molecule has 0 radical (unpaired) electrons. The van der Waals surface area contributed by atoms with Gasteiger partial charge in [-0.2, -0.15) is 13.2 Å². The highest BCUT2D eigenvalue weighted by molar-refractivity contribution is 6.30. The van der Waals surface area contributed by atoms with Gasteiger partial charge in [-0.3, -0.25) is 4.90 Å². The summed E-state index contributed by atoms with van der Waals surface area (Å²) >= 11 is 6.34. The van der Waals surface area contributed by atoms with Crippen molar-refractivity contribution in [2.45, 2.75) is 45.0 Å². The topological polar surface area (TPSA) is 45.2 Å². The van der Waals surface area contributed by atoms with Crippen molar-refractivity contribution in [3.05, 3.63) is 28.8 Å². The SMILES string of the molecule is CC(OC(=O)N1CCN(Cc2ccc(Cl)cc2N2CCC3(CCOCC3)C2)CC1)C(F)(F)F. The largest absolute Gasteiger partial charge is 0.437 e.